The first-order chi connectivity index (χ1) is 12.9. The molecule has 0 heterocycles. The van der Waals surface area contributed by atoms with Crippen LogP contribution in [-0.4, -0.2) is 25.6 Å². The number of halogens is 2. The predicted molar refractivity (Wildman–Crippen MR) is 97.6 cm³/mol. The second kappa shape index (κ2) is 9.36. The van der Waals surface area contributed by atoms with E-state index in [-0.39, 0.29) is 16.3 Å². The van der Waals surface area contributed by atoms with E-state index in [0.717, 1.165) is 6.07 Å². The molecule has 0 aromatic heterocycles. The van der Waals surface area contributed by atoms with Gasteiger partial charge in [-0.05, 0) is 42.0 Å². The van der Waals surface area contributed by atoms with Crippen LogP contribution in [0.1, 0.15) is 5.56 Å². The number of anilines is 1. The molecule has 0 aliphatic carbocycles. The molecule has 27 heavy (non-hydrogen) atoms. The maximum Gasteiger partial charge on any atom is 0.349 e. The molecule has 0 saturated carbocycles. The van der Waals surface area contributed by atoms with Crippen molar-refractivity contribution < 1.29 is 23.5 Å². The van der Waals surface area contributed by atoms with E-state index in [9.17, 15) is 14.0 Å². The zero-order valence-corrected chi connectivity index (χ0v) is 14.9. The first kappa shape index (κ1) is 19.9. The molecule has 0 bridgehead atoms. The number of nitrogens with zero attached hydrogens (tertiary/aromatic N) is 1. The summed E-state index contributed by atoms with van der Waals surface area (Å²) in [5.41, 5.74) is 0.150. The van der Waals surface area contributed by atoms with E-state index < -0.39 is 24.3 Å². The first-order valence-corrected chi connectivity index (χ1v) is 7.98. The molecular formula is C19H14ClFN2O4. The quantitative estimate of drug-likeness (QED) is 0.464. The van der Waals surface area contributed by atoms with Crippen molar-refractivity contribution in [2.45, 2.75) is 0 Å². The lowest BCUT2D eigenvalue weighted by Crippen LogP contribution is -2.21. The fraction of sp³-hybridized carbons (Fsp3) is 0.105. The monoisotopic (exact) mass is 388 g/mol. The summed E-state index contributed by atoms with van der Waals surface area (Å²) in [4.78, 5) is 23.8. The third kappa shape index (κ3) is 5.83. The molecule has 0 atom stereocenters. The van der Waals surface area contributed by atoms with E-state index in [1.54, 1.807) is 30.3 Å². The summed E-state index contributed by atoms with van der Waals surface area (Å²) in [6.45, 7) is -0.683. The third-order valence-electron chi connectivity index (χ3n) is 3.28. The highest BCUT2D eigenvalue weighted by atomic mass is 35.5. The number of benzene rings is 2. The average Bonchev–Trinajstić information content (AvgIpc) is 2.66. The molecule has 1 N–H and O–H groups in total. The third-order valence-corrected chi connectivity index (χ3v) is 3.52. The van der Waals surface area contributed by atoms with Crippen LogP contribution in [0.15, 0.2) is 48.0 Å². The van der Waals surface area contributed by atoms with E-state index >= 15 is 0 Å². The van der Waals surface area contributed by atoms with E-state index in [1.165, 1.54) is 25.3 Å². The minimum absolute atomic E-state index is 0.104. The van der Waals surface area contributed by atoms with Crippen LogP contribution in [0.5, 0.6) is 5.75 Å². The highest BCUT2D eigenvalue weighted by molar-refractivity contribution is 6.30. The van der Waals surface area contributed by atoms with Crippen molar-refractivity contribution in [2.75, 3.05) is 19.0 Å². The maximum atomic E-state index is 13.6. The van der Waals surface area contributed by atoms with Gasteiger partial charge in [-0.25, -0.2) is 9.18 Å². The van der Waals surface area contributed by atoms with Crippen molar-refractivity contribution in [3.8, 4) is 11.8 Å². The Hall–Kier alpha value is -3.37. The van der Waals surface area contributed by atoms with Gasteiger partial charge in [-0.3, -0.25) is 4.79 Å². The molecular weight excluding hydrogens is 375 g/mol. The topological polar surface area (TPSA) is 88.4 Å². The maximum absolute atomic E-state index is 13.6. The van der Waals surface area contributed by atoms with Crippen LogP contribution in [0.25, 0.3) is 6.08 Å². The van der Waals surface area contributed by atoms with Crippen LogP contribution in [0, 0.1) is 17.1 Å². The molecule has 0 unspecified atom stereocenters. The van der Waals surface area contributed by atoms with Gasteiger partial charge in [0.2, 0.25) is 0 Å². The minimum atomic E-state index is -0.980. The van der Waals surface area contributed by atoms with Crippen LogP contribution in [0.3, 0.4) is 0 Å². The molecule has 0 saturated heterocycles. The Kier molecular flexibility index (Phi) is 6.92. The summed E-state index contributed by atoms with van der Waals surface area (Å²) in [5.74, 6) is -1.91. The Morgan fingerprint density at radius 1 is 1.30 bits per heavy atom. The Balaban J connectivity index is 1.99. The Bertz CT molecular complexity index is 938. The van der Waals surface area contributed by atoms with Crippen LogP contribution in [0.4, 0.5) is 10.1 Å². The van der Waals surface area contributed by atoms with Crippen molar-refractivity contribution in [1.29, 1.82) is 5.26 Å². The summed E-state index contributed by atoms with van der Waals surface area (Å²) < 4.78 is 23.5. The Labute approximate surface area is 159 Å². The second-order valence-corrected chi connectivity index (χ2v) is 5.63. The number of esters is 1. The van der Waals surface area contributed by atoms with Gasteiger partial charge in [0.15, 0.2) is 6.61 Å². The number of ether oxygens (including phenoxy) is 2. The van der Waals surface area contributed by atoms with Gasteiger partial charge in [-0.2, -0.15) is 5.26 Å². The number of hydrogen-bond donors (Lipinski definition) is 1. The fourth-order valence-corrected chi connectivity index (χ4v) is 2.18. The number of rotatable bonds is 6. The molecule has 0 aliphatic rings. The summed E-state index contributed by atoms with van der Waals surface area (Å²) >= 11 is 5.63. The SMILES string of the molecule is COc1cccc(/C=C(\C#N)C(=O)OCC(=O)Nc2ccc(Cl)cc2F)c1. The lowest BCUT2D eigenvalue weighted by Gasteiger charge is -2.07. The van der Waals surface area contributed by atoms with E-state index in [0.29, 0.717) is 11.3 Å². The van der Waals surface area contributed by atoms with E-state index in [1.807, 2.05) is 0 Å². The summed E-state index contributed by atoms with van der Waals surface area (Å²) in [6.07, 6.45) is 1.31. The number of methoxy groups -OCH3 is 1. The molecule has 2 aromatic carbocycles. The van der Waals surface area contributed by atoms with Gasteiger partial charge in [-0.1, -0.05) is 23.7 Å². The fourth-order valence-electron chi connectivity index (χ4n) is 2.02. The van der Waals surface area contributed by atoms with Gasteiger partial charge in [-0.15, -0.1) is 0 Å². The molecule has 1 amide bonds. The van der Waals surface area contributed by atoms with Gasteiger partial charge in [0.1, 0.15) is 23.2 Å². The molecule has 138 valence electrons. The highest BCUT2D eigenvalue weighted by Crippen LogP contribution is 2.19. The van der Waals surface area contributed by atoms with Crippen LogP contribution in [-0.2, 0) is 14.3 Å². The van der Waals surface area contributed by atoms with Crippen LogP contribution < -0.4 is 10.1 Å². The van der Waals surface area contributed by atoms with Gasteiger partial charge in [0.05, 0.1) is 12.8 Å². The number of carbonyl (C=O) groups excluding carboxylic acids is 2. The molecule has 2 rings (SSSR count). The highest BCUT2D eigenvalue weighted by Gasteiger charge is 2.14. The minimum Gasteiger partial charge on any atom is -0.497 e. The van der Waals surface area contributed by atoms with Gasteiger partial charge in [0, 0.05) is 5.02 Å². The molecule has 0 aliphatic heterocycles. The number of nitrogens with one attached hydrogen (secondary N) is 1. The van der Waals surface area contributed by atoms with Crippen molar-refractivity contribution in [2.24, 2.45) is 0 Å². The zero-order valence-electron chi connectivity index (χ0n) is 14.2. The standard InChI is InChI=1S/C19H14ClFN2O4/c1-26-15-4-2-3-12(8-15)7-13(10-22)19(25)27-11-18(24)23-17-6-5-14(20)9-16(17)21/h2-9H,11H2,1H3,(H,23,24)/b13-7+. The Morgan fingerprint density at radius 3 is 2.74 bits per heavy atom. The van der Waals surface area contributed by atoms with Gasteiger partial charge >= 0.3 is 5.97 Å². The summed E-state index contributed by atoms with van der Waals surface area (Å²) in [5, 5.41) is 11.6. The Morgan fingerprint density at radius 2 is 2.07 bits per heavy atom. The van der Waals surface area contributed by atoms with E-state index in [2.05, 4.69) is 5.32 Å². The smallest absolute Gasteiger partial charge is 0.349 e. The molecule has 8 heteroatoms. The van der Waals surface area contributed by atoms with E-state index in [4.69, 9.17) is 26.3 Å². The zero-order chi connectivity index (χ0) is 19.8. The number of nitriles is 1. The summed E-state index contributed by atoms with van der Waals surface area (Å²) in [7, 11) is 1.49. The molecule has 6 nitrogen and oxygen atoms in total. The predicted octanol–water partition coefficient (Wildman–Crippen LogP) is 3.58. The van der Waals surface area contributed by atoms with Crippen molar-refractivity contribution in [3.63, 3.8) is 0 Å². The average molecular weight is 389 g/mol. The summed E-state index contributed by atoms with van der Waals surface area (Å²) in [6, 6.07) is 12.1. The van der Waals surface area contributed by atoms with Crippen molar-refractivity contribution >= 4 is 35.2 Å². The van der Waals surface area contributed by atoms with Crippen molar-refractivity contribution in [1.82, 2.24) is 0 Å². The van der Waals surface area contributed by atoms with Crippen LogP contribution in [0.2, 0.25) is 5.02 Å². The molecule has 0 radical (unpaired) electrons. The lowest BCUT2D eigenvalue weighted by molar-refractivity contribution is -0.142. The first-order valence-electron chi connectivity index (χ1n) is 7.61. The largest absolute Gasteiger partial charge is 0.497 e. The molecule has 2 aromatic rings. The second-order valence-electron chi connectivity index (χ2n) is 5.19. The number of hydrogen-bond acceptors (Lipinski definition) is 5. The normalized spacial score (nSPS) is 10.7. The number of carbonyl (C=O) groups is 2. The van der Waals surface area contributed by atoms with Gasteiger partial charge < -0.3 is 14.8 Å². The molecule has 0 fully saturated rings. The molecule has 0 spiro atoms. The van der Waals surface area contributed by atoms with Crippen molar-refractivity contribution in [3.05, 3.63) is 64.4 Å². The lowest BCUT2D eigenvalue weighted by atomic mass is 10.1. The van der Waals surface area contributed by atoms with Crippen LogP contribution >= 0.6 is 11.6 Å². The number of amides is 1. The van der Waals surface area contributed by atoms with Gasteiger partial charge in [0.25, 0.3) is 5.91 Å².